The van der Waals surface area contributed by atoms with Gasteiger partial charge in [-0.3, -0.25) is 14.5 Å². The van der Waals surface area contributed by atoms with Crippen LogP contribution in [0.25, 0.3) is 0 Å². The first-order valence-corrected chi connectivity index (χ1v) is 8.50. The summed E-state index contributed by atoms with van der Waals surface area (Å²) in [6.45, 7) is 9.98. The maximum atomic E-state index is 12.1. The van der Waals surface area contributed by atoms with E-state index in [0.717, 1.165) is 19.6 Å². The molecule has 6 heteroatoms. The zero-order chi connectivity index (χ0) is 16.1. The number of thiophene rings is 1. The van der Waals surface area contributed by atoms with Gasteiger partial charge in [-0.25, -0.2) is 0 Å². The second-order valence-corrected chi connectivity index (χ2v) is 7.16. The van der Waals surface area contributed by atoms with Crippen LogP contribution in [0.3, 0.4) is 0 Å². The average Bonchev–Trinajstić information content (AvgIpc) is 2.94. The predicted molar refractivity (Wildman–Crippen MR) is 87.7 cm³/mol. The molecule has 0 radical (unpaired) electrons. The first-order chi connectivity index (χ1) is 10.5. The van der Waals surface area contributed by atoms with E-state index in [4.69, 9.17) is 4.74 Å². The summed E-state index contributed by atoms with van der Waals surface area (Å²) in [5, 5.41) is 2.90. The lowest BCUT2D eigenvalue weighted by Crippen LogP contribution is -2.48. The topological polar surface area (TPSA) is 58.6 Å². The number of nitrogens with one attached hydrogen (secondary N) is 1. The van der Waals surface area contributed by atoms with Crippen LogP contribution in [0, 0.1) is 5.92 Å². The normalized spacial score (nSPS) is 19.4. The second kappa shape index (κ2) is 7.85. The maximum absolute atomic E-state index is 12.1. The highest BCUT2D eigenvalue weighted by Gasteiger charge is 2.22. The molecule has 0 spiro atoms. The summed E-state index contributed by atoms with van der Waals surface area (Å²) < 4.78 is 5.71. The average molecular weight is 324 g/mol. The van der Waals surface area contributed by atoms with E-state index in [1.54, 1.807) is 12.1 Å². The number of ketones is 1. The molecule has 22 heavy (non-hydrogen) atoms. The van der Waals surface area contributed by atoms with E-state index < -0.39 is 0 Å². The SMILES string of the molecule is CC(=O)c1ccc(C(=O)NCC2CN(CC(C)C)CCO2)s1. The molecule has 1 aromatic rings. The minimum atomic E-state index is -0.137. The molecule has 122 valence electrons. The molecule has 2 rings (SSSR count). The van der Waals surface area contributed by atoms with Gasteiger partial charge in [0.2, 0.25) is 0 Å². The molecule has 1 saturated heterocycles. The van der Waals surface area contributed by atoms with Gasteiger partial charge in [-0.1, -0.05) is 13.8 Å². The third kappa shape index (κ3) is 4.90. The number of carbonyl (C=O) groups excluding carboxylic acids is 2. The Morgan fingerprint density at radius 3 is 2.77 bits per heavy atom. The van der Waals surface area contributed by atoms with Gasteiger partial charge < -0.3 is 10.1 Å². The molecule has 0 aromatic carbocycles. The molecule has 1 N–H and O–H groups in total. The third-order valence-corrected chi connectivity index (χ3v) is 4.70. The van der Waals surface area contributed by atoms with Crippen molar-refractivity contribution in [3.05, 3.63) is 21.9 Å². The standard InChI is InChI=1S/C16H24N2O3S/c1-11(2)9-18-6-7-21-13(10-18)8-17-16(20)15-5-4-14(22-15)12(3)19/h4-5,11,13H,6-10H2,1-3H3,(H,17,20). The Hall–Kier alpha value is -1.24. The van der Waals surface area contributed by atoms with Gasteiger partial charge in [-0.15, -0.1) is 11.3 Å². The number of amides is 1. The summed E-state index contributed by atoms with van der Waals surface area (Å²) in [6.07, 6.45) is 0.0312. The van der Waals surface area contributed by atoms with Crippen molar-refractivity contribution >= 4 is 23.0 Å². The Kier molecular flexibility index (Phi) is 6.11. The van der Waals surface area contributed by atoms with Gasteiger partial charge in [0.25, 0.3) is 5.91 Å². The highest BCUT2D eigenvalue weighted by Crippen LogP contribution is 2.17. The fraction of sp³-hybridized carbons (Fsp3) is 0.625. The van der Waals surface area contributed by atoms with Crippen LogP contribution in [0.4, 0.5) is 0 Å². The highest BCUT2D eigenvalue weighted by atomic mass is 32.1. The van der Waals surface area contributed by atoms with Crippen LogP contribution in [0.1, 0.15) is 40.1 Å². The Labute approximate surface area is 135 Å². The lowest BCUT2D eigenvalue weighted by atomic mass is 10.2. The van der Waals surface area contributed by atoms with Crippen LogP contribution in [0.5, 0.6) is 0 Å². The highest BCUT2D eigenvalue weighted by molar-refractivity contribution is 7.15. The van der Waals surface area contributed by atoms with E-state index in [1.807, 2.05) is 0 Å². The van der Waals surface area contributed by atoms with Crippen LogP contribution in [-0.2, 0) is 4.74 Å². The molecule has 1 atom stereocenters. The monoisotopic (exact) mass is 324 g/mol. The molecule has 1 fully saturated rings. The number of ether oxygens (including phenoxy) is 1. The molecule has 0 bridgehead atoms. The molecule has 1 aromatic heterocycles. The van der Waals surface area contributed by atoms with Crippen molar-refractivity contribution in [2.24, 2.45) is 5.92 Å². The zero-order valence-corrected chi connectivity index (χ0v) is 14.2. The van der Waals surface area contributed by atoms with Crippen molar-refractivity contribution in [1.29, 1.82) is 0 Å². The summed E-state index contributed by atoms with van der Waals surface area (Å²) >= 11 is 1.23. The first-order valence-electron chi connectivity index (χ1n) is 7.68. The number of Topliss-reactive ketones (excluding diaryl/α,β-unsaturated/α-hetero) is 1. The van der Waals surface area contributed by atoms with Crippen molar-refractivity contribution in [3.63, 3.8) is 0 Å². The fourth-order valence-corrected chi connectivity index (χ4v) is 3.35. The smallest absolute Gasteiger partial charge is 0.261 e. The van der Waals surface area contributed by atoms with Crippen molar-refractivity contribution in [3.8, 4) is 0 Å². The molecule has 1 unspecified atom stereocenters. The maximum Gasteiger partial charge on any atom is 0.261 e. The molecular formula is C16H24N2O3S. The lowest BCUT2D eigenvalue weighted by molar-refractivity contribution is -0.0295. The second-order valence-electron chi connectivity index (χ2n) is 6.08. The van der Waals surface area contributed by atoms with Gasteiger partial charge in [-0.05, 0) is 25.0 Å². The minimum absolute atomic E-state index is 0.0102. The Morgan fingerprint density at radius 2 is 2.14 bits per heavy atom. The number of hydrogen-bond donors (Lipinski definition) is 1. The molecule has 0 saturated carbocycles. The van der Waals surface area contributed by atoms with Crippen LogP contribution in [-0.4, -0.2) is 55.5 Å². The number of morpholine rings is 1. The Bertz CT molecular complexity index is 527. The van der Waals surface area contributed by atoms with Gasteiger partial charge in [0.1, 0.15) is 0 Å². The van der Waals surface area contributed by atoms with E-state index in [2.05, 4.69) is 24.1 Å². The van der Waals surface area contributed by atoms with Gasteiger partial charge >= 0.3 is 0 Å². The van der Waals surface area contributed by atoms with Crippen molar-refractivity contribution in [1.82, 2.24) is 10.2 Å². The molecule has 2 heterocycles. The molecule has 0 aliphatic carbocycles. The summed E-state index contributed by atoms with van der Waals surface area (Å²) in [4.78, 5) is 26.9. The Balaban J connectivity index is 1.81. The summed E-state index contributed by atoms with van der Waals surface area (Å²) in [7, 11) is 0. The molecule has 1 amide bonds. The quantitative estimate of drug-likeness (QED) is 0.814. The third-order valence-electron chi connectivity index (χ3n) is 3.51. The molecule has 1 aliphatic rings. The van der Waals surface area contributed by atoms with E-state index >= 15 is 0 Å². The number of rotatable bonds is 6. The number of carbonyl (C=O) groups is 2. The van der Waals surface area contributed by atoms with E-state index in [0.29, 0.717) is 28.8 Å². The zero-order valence-electron chi connectivity index (χ0n) is 13.4. The summed E-state index contributed by atoms with van der Waals surface area (Å²) in [5.41, 5.74) is 0. The van der Waals surface area contributed by atoms with Crippen LogP contribution in [0.15, 0.2) is 12.1 Å². The summed E-state index contributed by atoms with van der Waals surface area (Å²) in [6, 6.07) is 3.40. The molecule has 5 nitrogen and oxygen atoms in total. The van der Waals surface area contributed by atoms with Crippen LogP contribution < -0.4 is 5.32 Å². The number of nitrogens with zero attached hydrogens (tertiary/aromatic N) is 1. The molecule has 1 aliphatic heterocycles. The van der Waals surface area contributed by atoms with Gasteiger partial charge in [0, 0.05) is 26.2 Å². The van der Waals surface area contributed by atoms with Crippen LogP contribution >= 0.6 is 11.3 Å². The van der Waals surface area contributed by atoms with E-state index in [1.165, 1.54) is 18.3 Å². The van der Waals surface area contributed by atoms with Gasteiger partial charge in [0.15, 0.2) is 5.78 Å². The number of hydrogen-bond acceptors (Lipinski definition) is 5. The van der Waals surface area contributed by atoms with Crippen molar-refractivity contribution in [2.75, 3.05) is 32.8 Å². The van der Waals surface area contributed by atoms with Crippen molar-refractivity contribution in [2.45, 2.75) is 26.9 Å². The lowest BCUT2D eigenvalue weighted by Gasteiger charge is -2.33. The largest absolute Gasteiger partial charge is 0.374 e. The predicted octanol–water partition coefficient (Wildman–Crippen LogP) is 2.04. The van der Waals surface area contributed by atoms with Crippen molar-refractivity contribution < 1.29 is 14.3 Å². The van der Waals surface area contributed by atoms with E-state index in [-0.39, 0.29) is 17.8 Å². The Morgan fingerprint density at radius 1 is 1.41 bits per heavy atom. The first kappa shape index (κ1) is 17.1. The summed E-state index contributed by atoms with van der Waals surface area (Å²) in [5.74, 6) is 0.482. The minimum Gasteiger partial charge on any atom is -0.374 e. The van der Waals surface area contributed by atoms with Crippen LogP contribution in [0.2, 0.25) is 0 Å². The van der Waals surface area contributed by atoms with Gasteiger partial charge in [0.05, 0.1) is 22.5 Å². The van der Waals surface area contributed by atoms with Gasteiger partial charge in [-0.2, -0.15) is 0 Å². The molecular weight excluding hydrogens is 300 g/mol. The fourth-order valence-electron chi connectivity index (χ4n) is 2.53. The van der Waals surface area contributed by atoms with E-state index in [9.17, 15) is 9.59 Å².